The van der Waals surface area contributed by atoms with Crippen molar-refractivity contribution in [3.8, 4) is 5.75 Å². The largest absolute Gasteiger partial charge is 0.494 e. The zero-order valence-corrected chi connectivity index (χ0v) is 14.5. The van der Waals surface area contributed by atoms with E-state index in [4.69, 9.17) is 9.47 Å². The maximum atomic E-state index is 12.5. The third kappa shape index (κ3) is 2.16. The Labute approximate surface area is 144 Å². The zero-order valence-electron chi connectivity index (χ0n) is 14.5. The van der Waals surface area contributed by atoms with Crippen molar-refractivity contribution in [2.45, 2.75) is 26.3 Å². The number of rotatable bonds is 3. The Morgan fingerprint density at radius 1 is 1.28 bits per heavy atom. The predicted octanol–water partition coefficient (Wildman–Crippen LogP) is 1.36. The summed E-state index contributed by atoms with van der Waals surface area (Å²) in [4.78, 5) is 27.0. The molecule has 1 saturated carbocycles. The van der Waals surface area contributed by atoms with Gasteiger partial charge in [0.15, 0.2) is 11.4 Å². The smallest absolute Gasteiger partial charge is 0.360 e. The Morgan fingerprint density at radius 3 is 2.64 bits per heavy atom. The molecule has 1 N–H and O–H groups in total. The van der Waals surface area contributed by atoms with Crippen LogP contribution in [-0.2, 0) is 11.3 Å². The van der Waals surface area contributed by atoms with Crippen molar-refractivity contribution in [3.05, 3.63) is 27.3 Å². The molecule has 0 unspecified atom stereocenters. The van der Waals surface area contributed by atoms with Crippen LogP contribution < -0.4 is 10.3 Å². The molecule has 8 nitrogen and oxygen atoms in total. The van der Waals surface area contributed by atoms with Crippen LogP contribution in [0.3, 0.4) is 0 Å². The molecule has 2 aromatic rings. The van der Waals surface area contributed by atoms with Gasteiger partial charge in [-0.3, -0.25) is 4.79 Å². The van der Waals surface area contributed by atoms with E-state index in [0.29, 0.717) is 23.2 Å². The predicted molar refractivity (Wildman–Crippen MR) is 91.6 cm³/mol. The van der Waals surface area contributed by atoms with Gasteiger partial charge in [0.2, 0.25) is 0 Å². The van der Waals surface area contributed by atoms with Gasteiger partial charge in [-0.05, 0) is 25.3 Å². The van der Waals surface area contributed by atoms with Crippen LogP contribution >= 0.6 is 0 Å². The highest BCUT2D eigenvalue weighted by Gasteiger charge is 2.35. The van der Waals surface area contributed by atoms with E-state index in [1.807, 2.05) is 4.57 Å². The third-order valence-corrected chi connectivity index (χ3v) is 4.87. The molecule has 0 aromatic carbocycles. The molecule has 1 aliphatic heterocycles. The lowest BCUT2D eigenvalue weighted by atomic mass is 10.1. The Bertz CT molecular complexity index is 963. The van der Waals surface area contributed by atoms with Crippen LogP contribution in [0.4, 0.5) is 0 Å². The Morgan fingerprint density at radius 2 is 2.04 bits per heavy atom. The van der Waals surface area contributed by atoms with Crippen LogP contribution in [0, 0.1) is 0 Å². The van der Waals surface area contributed by atoms with Gasteiger partial charge < -0.3 is 18.9 Å². The highest BCUT2D eigenvalue weighted by Crippen LogP contribution is 2.46. The van der Waals surface area contributed by atoms with E-state index in [1.165, 1.54) is 12.7 Å². The standard InChI is InChI=1S/C17H20N4O4/c1-4-20-7-8-21-13-10(16(22)19-18-11(13)17(23)25-3)15(24-2)14(21)12(20)9-5-6-9/h4-8H2,1-3H3,(H,19,22). The molecule has 0 radical (unpaired) electrons. The SMILES string of the molecule is CCN1CCn2c(c(OC)c3c(=O)[nH]nc(C(=O)OC)c32)C1=C1CC1. The molecule has 2 aliphatic rings. The van der Waals surface area contributed by atoms with E-state index in [0.717, 1.165) is 37.3 Å². The van der Waals surface area contributed by atoms with Gasteiger partial charge in [-0.15, -0.1) is 0 Å². The molecule has 0 saturated heterocycles. The summed E-state index contributed by atoms with van der Waals surface area (Å²) in [6.45, 7) is 4.45. The fourth-order valence-electron chi connectivity index (χ4n) is 3.65. The van der Waals surface area contributed by atoms with Crippen molar-refractivity contribution in [2.75, 3.05) is 27.3 Å². The van der Waals surface area contributed by atoms with Gasteiger partial charge >= 0.3 is 5.97 Å². The topological polar surface area (TPSA) is 89.5 Å². The summed E-state index contributed by atoms with van der Waals surface area (Å²) in [5.74, 6) is -0.0842. The highest BCUT2D eigenvalue weighted by atomic mass is 16.5. The number of nitrogens with one attached hydrogen (secondary N) is 1. The number of carbonyl (C=O) groups excluding carboxylic acids is 1. The average Bonchev–Trinajstić information content (AvgIpc) is 3.41. The number of ether oxygens (including phenoxy) is 2. The summed E-state index contributed by atoms with van der Waals surface area (Å²) in [6, 6.07) is 0. The second-order valence-electron chi connectivity index (χ2n) is 6.18. The van der Waals surface area contributed by atoms with Gasteiger partial charge in [-0.1, -0.05) is 0 Å². The maximum absolute atomic E-state index is 12.5. The van der Waals surface area contributed by atoms with E-state index in [9.17, 15) is 9.59 Å². The van der Waals surface area contributed by atoms with Gasteiger partial charge in [0, 0.05) is 19.6 Å². The van der Waals surface area contributed by atoms with Crippen LogP contribution in [0.15, 0.2) is 10.4 Å². The number of likely N-dealkylation sites (N-methyl/N-ethyl adjacent to an activating group) is 1. The first kappa shape index (κ1) is 15.7. The summed E-state index contributed by atoms with van der Waals surface area (Å²) in [7, 11) is 2.85. The van der Waals surface area contributed by atoms with Crippen molar-refractivity contribution >= 4 is 22.6 Å². The molecule has 4 rings (SSSR count). The Kier molecular flexibility index (Phi) is 3.55. The molecule has 1 aliphatic carbocycles. The molecule has 1 fully saturated rings. The van der Waals surface area contributed by atoms with Crippen molar-refractivity contribution in [1.29, 1.82) is 0 Å². The molecular formula is C17H20N4O4. The second kappa shape index (κ2) is 5.65. The number of allylic oxidation sites excluding steroid dienone is 1. The lowest BCUT2D eigenvalue weighted by Gasteiger charge is -2.33. The number of esters is 1. The average molecular weight is 344 g/mol. The summed E-state index contributed by atoms with van der Waals surface area (Å²) in [6.07, 6.45) is 2.10. The molecule has 25 heavy (non-hydrogen) atoms. The van der Waals surface area contributed by atoms with E-state index >= 15 is 0 Å². The monoisotopic (exact) mass is 344 g/mol. The van der Waals surface area contributed by atoms with Gasteiger partial charge in [0.05, 0.1) is 25.4 Å². The van der Waals surface area contributed by atoms with E-state index in [1.54, 1.807) is 7.11 Å². The van der Waals surface area contributed by atoms with Crippen molar-refractivity contribution < 1.29 is 14.3 Å². The molecule has 132 valence electrons. The van der Waals surface area contributed by atoms with Crippen LogP contribution in [0.25, 0.3) is 16.6 Å². The Hall–Kier alpha value is -2.77. The van der Waals surface area contributed by atoms with Gasteiger partial charge in [0.25, 0.3) is 5.56 Å². The van der Waals surface area contributed by atoms with Crippen LogP contribution in [-0.4, -0.2) is 52.9 Å². The summed E-state index contributed by atoms with van der Waals surface area (Å²) in [5, 5.41) is 6.69. The normalized spacial score (nSPS) is 16.2. The molecule has 2 aromatic heterocycles. The van der Waals surface area contributed by atoms with E-state index < -0.39 is 5.97 Å². The number of hydrogen-bond acceptors (Lipinski definition) is 6. The zero-order chi connectivity index (χ0) is 17.7. The number of hydrogen-bond donors (Lipinski definition) is 1. The van der Waals surface area contributed by atoms with Crippen molar-refractivity contribution in [1.82, 2.24) is 19.7 Å². The molecular weight excluding hydrogens is 324 g/mol. The van der Waals surface area contributed by atoms with Crippen LogP contribution in [0.1, 0.15) is 35.9 Å². The van der Waals surface area contributed by atoms with Gasteiger partial charge in [0.1, 0.15) is 11.1 Å². The minimum Gasteiger partial charge on any atom is -0.494 e. The van der Waals surface area contributed by atoms with Gasteiger partial charge in [-0.25, -0.2) is 9.89 Å². The minimum absolute atomic E-state index is 0.103. The molecule has 0 atom stereocenters. The van der Waals surface area contributed by atoms with E-state index in [-0.39, 0.29) is 11.3 Å². The fourth-order valence-corrected chi connectivity index (χ4v) is 3.65. The number of aromatic amines is 1. The number of carbonyl (C=O) groups is 1. The molecule has 0 spiro atoms. The summed E-state index contributed by atoms with van der Waals surface area (Å²) < 4.78 is 12.5. The molecule has 3 heterocycles. The third-order valence-electron chi connectivity index (χ3n) is 4.87. The summed E-state index contributed by atoms with van der Waals surface area (Å²) in [5.41, 5.74) is 3.56. The number of fused-ring (bicyclic) bond motifs is 3. The number of aromatic nitrogens is 3. The van der Waals surface area contributed by atoms with Crippen molar-refractivity contribution in [2.24, 2.45) is 0 Å². The number of methoxy groups -OCH3 is 2. The number of H-pyrrole nitrogens is 1. The first-order valence-corrected chi connectivity index (χ1v) is 8.36. The van der Waals surface area contributed by atoms with Crippen LogP contribution in [0.2, 0.25) is 0 Å². The minimum atomic E-state index is -0.581. The maximum Gasteiger partial charge on any atom is 0.360 e. The quantitative estimate of drug-likeness (QED) is 0.846. The first-order chi connectivity index (χ1) is 12.1. The molecule has 0 amide bonds. The van der Waals surface area contributed by atoms with E-state index in [2.05, 4.69) is 22.0 Å². The second-order valence-corrected chi connectivity index (χ2v) is 6.18. The first-order valence-electron chi connectivity index (χ1n) is 8.36. The van der Waals surface area contributed by atoms with Gasteiger partial charge in [-0.2, -0.15) is 5.10 Å². The van der Waals surface area contributed by atoms with Crippen LogP contribution in [0.5, 0.6) is 5.75 Å². The highest BCUT2D eigenvalue weighted by molar-refractivity contribution is 6.05. The fraction of sp³-hybridized carbons (Fsp3) is 0.471. The lowest BCUT2D eigenvalue weighted by molar-refractivity contribution is 0.0594. The Balaban J connectivity index is 2.13. The summed E-state index contributed by atoms with van der Waals surface area (Å²) >= 11 is 0. The molecule has 0 bridgehead atoms. The van der Waals surface area contributed by atoms with Crippen molar-refractivity contribution in [3.63, 3.8) is 0 Å². The molecule has 8 heteroatoms. The number of nitrogens with zero attached hydrogens (tertiary/aromatic N) is 3. The lowest BCUT2D eigenvalue weighted by Crippen LogP contribution is -2.32.